The van der Waals surface area contributed by atoms with E-state index >= 15 is 0 Å². The number of nitrogens with one attached hydrogen (secondary N) is 1. The number of benzene rings is 3. The van der Waals surface area contributed by atoms with Gasteiger partial charge >= 0.3 is 18.3 Å². The maximum atomic E-state index is 14.4. The number of anilines is 2. The number of carboxylic acids is 1. The molecule has 3 nitrogen and oxygen atoms in total. The smallest absolute Gasteiger partial charge is 0.418 e. The molecule has 1 unspecified atom stereocenters. The number of carboxylic acid groups (broad SMARTS) is 1. The number of rotatable bonds is 7. The van der Waals surface area contributed by atoms with Gasteiger partial charge in [-0.05, 0) is 59.4 Å². The fourth-order valence-corrected chi connectivity index (χ4v) is 3.99. The summed E-state index contributed by atoms with van der Waals surface area (Å²) in [5.41, 5.74) is -4.45. The van der Waals surface area contributed by atoms with Crippen LogP contribution >= 0.6 is 0 Å². The molecule has 10 heteroatoms. The van der Waals surface area contributed by atoms with Gasteiger partial charge in [-0.1, -0.05) is 44.2 Å². The lowest BCUT2D eigenvalue weighted by Gasteiger charge is -2.25. The fourth-order valence-electron chi connectivity index (χ4n) is 3.99. The number of hydrogen-bond acceptors (Lipinski definition) is 2. The highest BCUT2D eigenvalue weighted by molar-refractivity contribution is 5.82. The molecule has 0 spiro atoms. The van der Waals surface area contributed by atoms with E-state index in [4.69, 9.17) is 0 Å². The van der Waals surface area contributed by atoms with Crippen molar-refractivity contribution in [1.82, 2.24) is 0 Å². The summed E-state index contributed by atoms with van der Waals surface area (Å²) >= 11 is 0. The van der Waals surface area contributed by atoms with Crippen LogP contribution in [0, 0.1) is 11.7 Å². The number of hydrogen-bond donors (Lipinski definition) is 2. The van der Waals surface area contributed by atoms with Crippen LogP contribution in [0.3, 0.4) is 0 Å². The highest BCUT2D eigenvalue weighted by Crippen LogP contribution is 2.46. The third kappa shape index (κ3) is 6.16. The van der Waals surface area contributed by atoms with Gasteiger partial charge in [-0.25, -0.2) is 4.39 Å². The second-order valence-electron chi connectivity index (χ2n) is 8.68. The molecule has 0 saturated heterocycles. The third-order valence-corrected chi connectivity index (χ3v) is 5.50. The van der Waals surface area contributed by atoms with E-state index < -0.39 is 58.1 Å². The molecule has 0 aliphatic rings. The van der Waals surface area contributed by atoms with Crippen molar-refractivity contribution in [3.63, 3.8) is 0 Å². The summed E-state index contributed by atoms with van der Waals surface area (Å²) in [5.74, 6) is -4.59. The van der Waals surface area contributed by atoms with Crippen molar-refractivity contribution >= 4 is 17.3 Å². The first kappa shape index (κ1) is 27.0. The van der Waals surface area contributed by atoms with Crippen LogP contribution < -0.4 is 5.32 Å². The van der Waals surface area contributed by atoms with E-state index in [1.165, 1.54) is 0 Å². The third-order valence-electron chi connectivity index (χ3n) is 5.50. The Morgan fingerprint density at radius 1 is 0.861 bits per heavy atom. The molecule has 0 heterocycles. The van der Waals surface area contributed by atoms with Gasteiger partial charge in [0, 0.05) is 0 Å². The second-order valence-corrected chi connectivity index (χ2v) is 8.68. The summed E-state index contributed by atoms with van der Waals surface area (Å²) < 4.78 is 97.4. The molecule has 2 N–H and O–H groups in total. The van der Waals surface area contributed by atoms with Crippen molar-refractivity contribution in [2.24, 2.45) is 5.92 Å². The standard InChI is InChI=1S/C26H22F7NO2/c1-14(2)10-19(24(35)36)18-11-16(15-6-4-3-5-7-15)12-22(23(18)26(31,32)33)34-21-9-8-17(27)13-20(21)25(28,29)30/h3-9,11-14,19,34H,10H2,1-2H3,(H,35,36). The summed E-state index contributed by atoms with van der Waals surface area (Å²) in [6.45, 7) is 3.30. The minimum absolute atomic E-state index is 0.138. The molecule has 3 rings (SSSR count). The number of halogens is 7. The van der Waals surface area contributed by atoms with E-state index in [1.807, 2.05) is 0 Å². The first-order valence-corrected chi connectivity index (χ1v) is 10.9. The predicted molar refractivity (Wildman–Crippen MR) is 121 cm³/mol. The topological polar surface area (TPSA) is 49.3 Å². The Morgan fingerprint density at radius 3 is 2.03 bits per heavy atom. The molecule has 3 aromatic carbocycles. The zero-order valence-electron chi connectivity index (χ0n) is 19.1. The molecule has 0 fully saturated rings. The average Bonchev–Trinajstić information content (AvgIpc) is 2.77. The van der Waals surface area contributed by atoms with E-state index in [1.54, 1.807) is 44.2 Å². The maximum absolute atomic E-state index is 14.4. The Labute approximate surface area is 202 Å². The minimum Gasteiger partial charge on any atom is -0.481 e. The van der Waals surface area contributed by atoms with Crippen molar-refractivity contribution < 1.29 is 40.6 Å². The maximum Gasteiger partial charge on any atom is 0.418 e. The summed E-state index contributed by atoms with van der Waals surface area (Å²) in [5, 5.41) is 12.0. The van der Waals surface area contributed by atoms with E-state index in [-0.39, 0.29) is 24.0 Å². The van der Waals surface area contributed by atoms with Crippen molar-refractivity contribution in [3.05, 3.63) is 83.2 Å². The van der Waals surface area contributed by atoms with E-state index in [9.17, 15) is 40.6 Å². The monoisotopic (exact) mass is 513 g/mol. The molecular weight excluding hydrogens is 491 g/mol. The van der Waals surface area contributed by atoms with Gasteiger partial charge in [-0.3, -0.25) is 4.79 Å². The summed E-state index contributed by atoms with van der Waals surface area (Å²) in [4.78, 5) is 12.1. The van der Waals surface area contributed by atoms with Gasteiger partial charge in [0.15, 0.2) is 0 Å². The molecule has 0 aliphatic heterocycles. The Hall–Kier alpha value is -3.56. The molecule has 36 heavy (non-hydrogen) atoms. The molecule has 0 radical (unpaired) electrons. The van der Waals surface area contributed by atoms with Gasteiger partial charge in [-0.15, -0.1) is 0 Å². The van der Waals surface area contributed by atoms with E-state index in [2.05, 4.69) is 5.32 Å². The first-order valence-electron chi connectivity index (χ1n) is 10.9. The lowest BCUT2D eigenvalue weighted by Crippen LogP contribution is -2.21. The highest BCUT2D eigenvalue weighted by Gasteiger charge is 2.41. The summed E-state index contributed by atoms with van der Waals surface area (Å²) in [6.07, 6.45) is -10.3. The van der Waals surface area contributed by atoms with Crippen LogP contribution in [-0.2, 0) is 17.1 Å². The van der Waals surface area contributed by atoms with Crippen LogP contribution in [0.2, 0.25) is 0 Å². The zero-order valence-corrected chi connectivity index (χ0v) is 19.1. The minimum atomic E-state index is -5.12. The predicted octanol–water partition coefficient (Wildman–Crippen LogP) is 8.49. The van der Waals surface area contributed by atoms with Gasteiger partial charge in [0.2, 0.25) is 0 Å². The SMILES string of the molecule is CC(C)CC(C(=O)O)c1cc(-c2ccccc2)cc(Nc2ccc(F)cc2C(F)(F)F)c1C(F)(F)F. The lowest BCUT2D eigenvalue weighted by molar-refractivity contribution is -0.141. The molecule has 192 valence electrons. The quantitative estimate of drug-likeness (QED) is 0.312. The molecular formula is C26H22F7NO2. The normalized spacial score (nSPS) is 13.1. The van der Waals surface area contributed by atoms with Crippen LogP contribution in [-0.4, -0.2) is 11.1 Å². The van der Waals surface area contributed by atoms with Gasteiger partial charge < -0.3 is 10.4 Å². The van der Waals surface area contributed by atoms with Gasteiger partial charge in [0.05, 0.1) is 28.4 Å². The molecule has 1 atom stereocenters. The van der Waals surface area contributed by atoms with Crippen molar-refractivity contribution in [2.75, 3.05) is 5.32 Å². The molecule has 0 aromatic heterocycles. The summed E-state index contributed by atoms with van der Waals surface area (Å²) in [7, 11) is 0. The van der Waals surface area contributed by atoms with Crippen molar-refractivity contribution in [3.8, 4) is 11.1 Å². The number of alkyl halides is 6. The molecule has 3 aromatic rings. The Kier molecular flexibility index (Phi) is 7.66. The molecule has 0 bridgehead atoms. The number of aliphatic carboxylic acids is 1. The van der Waals surface area contributed by atoms with Gasteiger partial charge in [0.1, 0.15) is 5.82 Å². The van der Waals surface area contributed by atoms with Crippen molar-refractivity contribution in [2.45, 2.75) is 38.5 Å². The second kappa shape index (κ2) is 10.2. The molecule has 0 amide bonds. The zero-order chi connectivity index (χ0) is 26.8. The van der Waals surface area contributed by atoms with Crippen LogP contribution in [0.15, 0.2) is 60.7 Å². The lowest BCUT2D eigenvalue weighted by atomic mass is 9.84. The highest BCUT2D eigenvalue weighted by atomic mass is 19.4. The van der Waals surface area contributed by atoms with Gasteiger partial charge in [-0.2, -0.15) is 26.3 Å². The Bertz CT molecular complexity index is 1240. The molecule has 0 saturated carbocycles. The average molecular weight is 513 g/mol. The molecule has 0 aliphatic carbocycles. The van der Waals surface area contributed by atoms with E-state index in [0.29, 0.717) is 17.7 Å². The van der Waals surface area contributed by atoms with E-state index in [0.717, 1.165) is 12.1 Å². The van der Waals surface area contributed by atoms with Crippen LogP contribution in [0.25, 0.3) is 11.1 Å². The van der Waals surface area contributed by atoms with Crippen LogP contribution in [0.5, 0.6) is 0 Å². The van der Waals surface area contributed by atoms with Gasteiger partial charge in [0.25, 0.3) is 0 Å². The summed E-state index contributed by atoms with van der Waals surface area (Å²) in [6, 6.07) is 11.7. The largest absolute Gasteiger partial charge is 0.481 e. The Balaban J connectivity index is 2.36. The number of carbonyl (C=O) groups is 1. The van der Waals surface area contributed by atoms with Crippen molar-refractivity contribution in [1.29, 1.82) is 0 Å². The van der Waals surface area contributed by atoms with Crippen LogP contribution in [0.1, 0.15) is 42.9 Å². The first-order chi connectivity index (χ1) is 16.7. The fraction of sp³-hybridized carbons (Fsp3) is 0.269. The Morgan fingerprint density at radius 2 is 1.50 bits per heavy atom. The van der Waals surface area contributed by atoms with Crippen LogP contribution in [0.4, 0.5) is 42.1 Å².